The van der Waals surface area contributed by atoms with Crippen LogP contribution in [0, 0.1) is 0 Å². The van der Waals surface area contributed by atoms with E-state index < -0.39 is 12.2 Å². The Kier molecular flexibility index (Phi) is 3.32. The predicted octanol–water partition coefficient (Wildman–Crippen LogP) is 1.57. The van der Waals surface area contributed by atoms with Gasteiger partial charge >= 0.3 is 0 Å². The maximum atomic E-state index is 9.50. The molecule has 2 atom stereocenters. The molecule has 0 fully saturated rings. The van der Waals surface area contributed by atoms with Gasteiger partial charge in [-0.3, -0.25) is 0 Å². The molecule has 2 nitrogen and oxygen atoms in total. The summed E-state index contributed by atoms with van der Waals surface area (Å²) in [6.07, 6.45) is 3.19. The van der Waals surface area contributed by atoms with Crippen LogP contribution in [0.4, 0.5) is 0 Å². The Hall–Kier alpha value is -0.310. The van der Waals surface area contributed by atoms with Gasteiger partial charge in [-0.1, -0.05) is 31.0 Å². The van der Waals surface area contributed by atoms with E-state index in [1.807, 2.05) is 6.92 Å². The van der Waals surface area contributed by atoms with Gasteiger partial charge in [0.2, 0.25) is 0 Å². The minimum Gasteiger partial charge on any atom is -0.386 e. The lowest BCUT2D eigenvalue weighted by Crippen LogP contribution is -2.28. The molecule has 1 aliphatic rings. The maximum absolute atomic E-state index is 9.50. The lowest BCUT2D eigenvalue weighted by molar-refractivity contribution is 0.0688. The molecule has 12 heavy (non-hydrogen) atoms. The van der Waals surface area contributed by atoms with Crippen LogP contribution in [0.15, 0.2) is 22.8 Å². The number of aliphatic hydroxyl groups excluding tert-OH is 2. The average Bonchev–Trinajstić information content (AvgIpc) is 2.06. The third-order valence-electron chi connectivity index (χ3n) is 1.95. The first kappa shape index (κ1) is 9.78. The van der Waals surface area contributed by atoms with Crippen molar-refractivity contribution in [3.8, 4) is 0 Å². The van der Waals surface area contributed by atoms with Crippen molar-refractivity contribution in [2.75, 3.05) is 0 Å². The molecule has 0 spiro atoms. The van der Waals surface area contributed by atoms with Crippen LogP contribution < -0.4 is 0 Å². The topological polar surface area (TPSA) is 40.5 Å². The molecular formula is C9H13ClO2. The first-order valence-corrected chi connectivity index (χ1v) is 4.47. The third kappa shape index (κ3) is 1.89. The van der Waals surface area contributed by atoms with Crippen LogP contribution >= 0.6 is 11.6 Å². The number of hydrogen-bond donors (Lipinski definition) is 2. The molecule has 0 aromatic heterocycles. The van der Waals surface area contributed by atoms with Gasteiger partial charge in [-0.05, 0) is 18.1 Å². The van der Waals surface area contributed by atoms with Crippen LogP contribution in [0.3, 0.4) is 0 Å². The Balaban J connectivity index is 2.82. The lowest BCUT2D eigenvalue weighted by atomic mass is 9.95. The summed E-state index contributed by atoms with van der Waals surface area (Å²) in [4.78, 5) is 0. The second-order valence-corrected chi connectivity index (χ2v) is 3.32. The van der Waals surface area contributed by atoms with Crippen molar-refractivity contribution in [1.82, 2.24) is 0 Å². The van der Waals surface area contributed by atoms with E-state index in [0.29, 0.717) is 5.03 Å². The van der Waals surface area contributed by atoms with Gasteiger partial charge in [0.05, 0.1) is 0 Å². The average molecular weight is 189 g/mol. The molecule has 3 heteroatoms. The zero-order valence-electron chi connectivity index (χ0n) is 7.00. The Morgan fingerprint density at radius 3 is 2.75 bits per heavy atom. The molecule has 0 aromatic rings. The number of allylic oxidation sites excluding steroid dienone is 2. The fraction of sp³-hybridized carbons (Fsp3) is 0.556. The highest BCUT2D eigenvalue weighted by Gasteiger charge is 2.23. The molecule has 0 radical (unpaired) electrons. The normalized spacial score (nSPS) is 29.7. The molecule has 0 aliphatic heterocycles. The number of aliphatic hydroxyl groups is 2. The number of hydrogen-bond acceptors (Lipinski definition) is 2. The summed E-state index contributed by atoms with van der Waals surface area (Å²) >= 11 is 5.84. The Morgan fingerprint density at radius 1 is 1.50 bits per heavy atom. The van der Waals surface area contributed by atoms with Crippen LogP contribution in [0.5, 0.6) is 0 Å². The summed E-state index contributed by atoms with van der Waals surface area (Å²) in [6, 6.07) is 0. The molecule has 1 rings (SSSR count). The van der Waals surface area contributed by atoms with E-state index in [2.05, 4.69) is 0 Å². The molecule has 0 unspecified atom stereocenters. The zero-order valence-corrected chi connectivity index (χ0v) is 7.75. The molecular weight excluding hydrogens is 176 g/mol. The van der Waals surface area contributed by atoms with Gasteiger partial charge in [-0.15, -0.1) is 0 Å². The molecule has 0 bridgehead atoms. The lowest BCUT2D eigenvalue weighted by Gasteiger charge is -2.22. The smallest absolute Gasteiger partial charge is 0.106 e. The van der Waals surface area contributed by atoms with E-state index in [-0.39, 0.29) is 0 Å². The van der Waals surface area contributed by atoms with E-state index >= 15 is 0 Å². The SMILES string of the molecule is CCCC1=C(Cl)C=C[C@H](O)[C@@H]1O. The van der Waals surface area contributed by atoms with Crippen LogP contribution in [-0.4, -0.2) is 22.4 Å². The first-order chi connectivity index (χ1) is 5.66. The van der Waals surface area contributed by atoms with Gasteiger partial charge < -0.3 is 10.2 Å². The quantitative estimate of drug-likeness (QED) is 0.691. The fourth-order valence-electron chi connectivity index (χ4n) is 1.28. The minimum atomic E-state index is -0.817. The van der Waals surface area contributed by atoms with Crippen molar-refractivity contribution in [3.05, 3.63) is 22.8 Å². The van der Waals surface area contributed by atoms with E-state index in [9.17, 15) is 10.2 Å². The van der Waals surface area contributed by atoms with Crippen molar-refractivity contribution in [3.63, 3.8) is 0 Å². The second kappa shape index (κ2) is 4.08. The second-order valence-electron chi connectivity index (χ2n) is 2.92. The molecule has 68 valence electrons. The summed E-state index contributed by atoms with van der Waals surface area (Å²) in [7, 11) is 0. The summed E-state index contributed by atoms with van der Waals surface area (Å²) in [5.74, 6) is 0. The maximum Gasteiger partial charge on any atom is 0.106 e. The van der Waals surface area contributed by atoms with Crippen molar-refractivity contribution in [1.29, 1.82) is 0 Å². The van der Waals surface area contributed by atoms with Crippen molar-refractivity contribution in [2.24, 2.45) is 0 Å². The number of rotatable bonds is 2. The van der Waals surface area contributed by atoms with E-state index in [1.54, 1.807) is 6.08 Å². The van der Waals surface area contributed by atoms with Crippen LogP contribution in [-0.2, 0) is 0 Å². The molecule has 0 aromatic carbocycles. The Morgan fingerprint density at radius 2 is 2.17 bits per heavy atom. The predicted molar refractivity (Wildman–Crippen MR) is 48.9 cm³/mol. The van der Waals surface area contributed by atoms with E-state index in [1.165, 1.54) is 6.08 Å². The van der Waals surface area contributed by atoms with Crippen molar-refractivity contribution in [2.45, 2.75) is 32.0 Å². The van der Waals surface area contributed by atoms with E-state index in [4.69, 9.17) is 11.6 Å². The summed E-state index contributed by atoms with van der Waals surface area (Å²) in [5, 5.41) is 19.3. The zero-order chi connectivity index (χ0) is 9.14. The highest BCUT2D eigenvalue weighted by molar-refractivity contribution is 6.31. The van der Waals surface area contributed by atoms with Gasteiger partial charge in [0.1, 0.15) is 12.2 Å². The molecule has 0 amide bonds. The summed E-state index contributed by atoms with van der Waals surface area (Å²) < 4.78 is 0. The van der Waals surface area contributed by atoms with E-state index in [0.717, 1.165) is 18.4 Å². The van der Waals surface area contributed by atoms with Gasteiger partial charge in [0.25, 0.3) is 0 Å². The largest absolute Gasteiger partial charge is 0.386 e. The van der Waals surface area contributed by atoms with Gasteiger partial charge in [0, 0.05) is 5.03 Å². The van der Waals surface area contributed by atoms with Crippen LogP contribution in [0.1, 0.15) is 19.8 Å². The van der Waals surface area contributed by atoms with Crippen molar-refractivity contribution < 1.29 is 10.2 Å². The van der Waals surface area contributed by atoms with Gasteiger partial charge in [-0.2, -0.15) is 0 Å². The van der Waals surface area contributed by atoms with Crippen LogP contribution in [0.2, 0.25) is 0 Å². The first-order valence-electron chi connectivity index (χ1n) is 4.09. The molecule has 2 N–H and O–H groups in total. The van der Waals surface area contributed by atoms with Gasteiger partial charge in [0.15, 0.2) is 0 Å². The molecule has 1 aliphatic carbocycles. The Labute approximate surface area is 77.2 Å². The molecule has 0 saturated carbocycles. The van der Waals surface area contributed by atoms with Gasteiger partial charge in [-0.25, -0.2) is 0 Å². The summed E-state index contributed by atoms with van der Waals surface area (Å²) in [6.45, 7) is 2.01. The fourth-order valence-corrected chi connectivity index (χ4v) is 1.56. The monoisotopic (exact) mass is 188 g/mol. The minimum absolute atomic E-state index is 0.564. The van der Waals surface area contributed by atoms with Crippen molar-refractivity contribution >= 4 is 11.6 Å². The van der Waals surface area contributed by atoms with Crippen LogP contribution in [0.25, 0.3) is 0 Å². The summed E-state index contributed by atoms with van der Waals surface area (Å²) in [5.41, 5.74) is 0.745. The highest BCUT2D eigenvalue weighted by Crippen LogP contribution is 2.26. The standard InChI is InChI=1S/C9H13ClO2/c1-2-3-6-7(10)4-5-8(11)9(6)12/h4-5,8-9,11-12H,2-3H2,1H3/t8-,9+/m0/s1. The highest BCUT2D eigenvalue weighted by atomic mass is 35.5. The number of halogens is 1. The molecule has 0 saturated heterocycles. The Bertz CT molecular complexity index is 221. The third-order valence-corrected chi connectivity index (χ3v) is 2.32. The molecule has 0 heterocycles.